The van der Waals surface area contributed by atoms with Crippen molar-refractivity contribution in [3.8, 4) is 0 Å². The molecule has 1 amide bonds. The SMILES string of the molecule is CCC(C)C1NC2(CCN(S(=O)(=O)c3ccccc3)CC2)N(CCCOC)C1=O. The second-order valence-electron chi connectivity index (χ2n) is 8.09. The van der Waals surface area contributed by atoms with Crippen molar-refractivity contribution in [2.45, 2.75) is 56.1 Å². The number of piperidine rings is 1. The summed E-state index contributed by atoms with van der Waals surface area (Å²) in [5.41, 5.74) is -0.471. The summed E-state index contributed by atoms with van der Waals surface area (Å²) in [7, 11) is -1.85. The highest BCUT2D eigenvalue weighted by Gasteiger charge is 2.53. The fourth-order valence-corrected chi connectivity index (χ4v) is 5.84. The number of ether oxygens (including phenoxy) is 1. The topological polar surface area (TPSA) is 79.0 Å². The lowest BCUT2D eigenvalue weighted by Gasteiger charge is -2.44. The molecule has 1 aromatic rings. The molecule has 1 spiro atoms. The molecule has 1 N–H and O–H groups in total. The van der Waals surface area contributed by atoms with Gasteiger partial charge in [0.15, 0.2) is 0 Å². The Labute approximate surface area is 174 Å². The fraction of sp³-hybridized carbons (Fsp3) is 0.667. The molecule has 0 saturated carbocycles. The second kappa shape index (κ2) is 9.12. The highest BCUT2D eigenvalue weighted by molar-refractivity contribution is 7.89. The first-order chi connectivity index (χ1) is 13.9. The van der Waals surface area contributed by atoms with Gasteiger partial charge >= 0.3 is 0 Å². The molecule has 162 valence electrons. The number of nitrogens with one attached hydrogen (secondary N) is 1. The zero-order valence-corrected chi connectivity index (χ0v) is 18.5. The lowest BCUT2D eigenvalue weighted by Crippen LogP contribution is -2.59. The average molecular weight is 424 g/mol. The summed E-state index contributed by atoms with van der Waals surface area (Å²) < 4.78 is 32.7. The number of sulfonamides is 1. The summed E-state index contributed by atoms with van der Waals surface area (Å²) >= 11 is 0. The molecular weight excluding hydrogens is 390 g/mol. The van der Waals surface area contributed by atoms with Crippen LogP contribution >= 0.6 is 0 Å². The van der Waals surface area contributed by atoms with Gasteiger partial charge in [-0.3, -0.25) is 10.1 Å². The van der Waals surface area contributed by atoms with Crippen LogP contribution in [0, 0.1) is 5.92 Å². The number of rotatable bonds is 8. The molecule has 0 aliphatic carbocycles. The summed E-state index contributed by atoms with van der Waals surface area (Å²) in [4.78, 5) is 15.4. The smallest absolute Gasteiger partial charge is 0.243 e. The van der Waals surface area contributed by atoms with Crippen LogP contribution < -0.4 is 5.32 Å². The van der Waals surface area contributed by atoms with Gasteiger partial charge in [0.25, 0.3) is 0 Å². The summed E-state index contributed by atoms with van der Waals surface area (Å²) in [6, 6.07) is 8.35. The molecule has 2 saturated heterocycles. The predicted octanol–water partition coefficient (Wildman–Crippen LogP) is 2.05. The van der Waals surface area contributed by atoms with Crippen LogP contribution in [0.5, 0.6) is 0 Å². The molecule has 7 nitrogen and oxygen atoms in total. The first-order valence-electron chi connectivity index (χ1n) is 10.5. The van der Waals surface area contributed by atoms with Gasteiger partial charge in [0.05, 0.1) is 16.6 Å². The van der Waals surface area contributed by atoms with Crippen molar-refractivity contribution in [2.24, 2.45) is 5.92 Å². The van der Waals surface area contributed by atoms with Crippen molar-refractivity contribution in [3.05, 3.63) is 30.3 Å². The molecule has 2 unspecified atom stereocenters. The van der Waals surface area contributed by atoms with Crippen LogP contribution in [0.1, 0.15) is 39.5 Å². The number of hydrogen-bond donors (Lipinski definition) is 1. The van der Waals surface area contributed by atoms with Crippen LogP contribution in [0.4, 0.5) is 0 Å². The summed E-state index contributed by atoms with van der Waals surface area (Å²) in [6.07, 6.45) is 2.86. The van der Waals surface area contributed by atoms with Crippen LogP contribution in [0.2, 0.25) is 0 Å². The Bertz CT molecular complexity index is 791. The van der Waals surface area contributed by atoms with Crippen LogP contribution in [-0.2, 0) is 19.6 Å². The highest BCUT2D eigenvalue weighted by atomic mass is 32.2. The number of methoxy groups -OCH3 is 1. The van der Waals surface area contributed by atoms with E-state index >= 15 is 0 Å². The standard InChI is InChI=1S/C21H33N3O4S/c1-4-17(2)19-20(25)24(13-8-16-28-3)21(22-19)11-14-23(15-12-21)29(26,27)18-9-6-5-7-10-18/h5-7,9-10,17,19,22H,4,8,11-16H2,1-3H3. The van der Waals surface area contributed by atoms with Crippen molar-refractivity contribution in [1.82, 2.24) is 14.5 Å². The number of hydrogen-bond acceptors (Lipinski definition) is 5. The van der Waals surface area contributed by atoms with Crippen molar-refractivity contribution in [1.29, 1.82) is 0 Å². The van der Waals surface area contributed by atoms with E-state index in [0.717, 1.165) is 12.8 Å². The first kappa shape index (κ1) is 22.2. The molecule has 2 aliphatic rings. The van der Waals surface area contributed by atoms with E-state index in [2.05, 4.69) is 19.2 Å². The van der Waals surface area contributed by atoms with Gasteiger partial charge in [0.2, 0.25) is 15.9 Å². The quantitative estimate of drug-likeness (QED) is 0.648. The van der Waals surface area contributed by atoms with Gasteiger partial charge in [0, 0.05) is 33.4 Å². The van der Waals surface area contributed by atoms with Crippen molar-refractivity contribution >= 4 is 15.9 Å². The zero-order valence-electron chi connectivity index (χ0n) is 17.6. The molecule has 29 heavy (non-hydrogen) atoms. The number of amides is 1. The van der Waals surface area contributed by atoms with E-state index < -0.39 is 15.7 Å². The molecule has 0 radical (unpaired) electrons. The third-order valence-corrected chi connectivity index (χ3v) is 8.26. The van der Waals surface area contributed by atoms with E-state index in [9.17, 15) is 13.2 Å². The third kappa shape index (κ3) is 4.35. The fourth-order valence-electron chi connectivity index (χ4n) is 4.37. The van der Waals surface area contributed by atoms with E-state index in [0.29, 0.717) is 44.0 Å². The Balaban J connectivity index is 1.77. The Kier molecular flexibility index (Phi) is 6.98. The number of carbonyl (C=O) groups is 1. The third-order valence-electron chi connectivity index (χ3n) is 6.35. The molecule has 8 heteroatoms. The van der Waals surface area contributed by atoms with E-state index in [1.165, 1.54) is 0 Å². The predicted molar refractivity (Wildman–Crippen MR) is 112 cm³/mol. The maximum Gasteiger partial charge on any atom is 0.243 e. The molecule has 3 rings (SSSR count). The van der Waals surface area contributed by atoms with Gasteiger partial charge in [-0.1, -0.05) is 38.5 Å². The maximum absolute atomic E-state index is 13.2. The van der Waals surface area contributed by atoms with Crippen LogP contribution in [0.15, 0.2) is 35.2 Å². The van der Waals surface area contributed by atoms with Crippen LogP contribution in [-0.4, -0.2) is 68.6 Å². The van der Waals surface area contributed by atoms with Gasteiger partial charge in [-0.2, -0.15) is 4.31 Å². The Morgan fingerprint density at radius 3 is 2.48 bits per heavy atom. The first-order valence-corrected chi connectivity index (χ1v) is 11.9. The van der Waals surface area contributed by atoms with Gasteiger partial charge in [0.1, 0.15) is 0 Å². The Hall–Kier alpha value is -1.48. The monoisotopic (exact) mass is 423 g/mol. The molecule has 1 aromatic carbocycles. The molecular formula is C21H33N3O4S. The normalized spacial score (nSPS) is 23.6. The minimum Gasteiger partial charge on any atom is -0.385 e. The molecule has 0 bridgehead atoms. The minimum absolute atomic E-state index is 0.134. The molecule has 0 aromatic heterocycles. The lowest BCUT2D eigenvalue weighted by molar-refractivity contribution is -0.134. The van der Waals surface area contributed by atoms with Crippen LogP contribution in [0.3, 0.4) is 0 Å². The summed E-state index contributed by atoms with van der Waals surface area (Å²) in [6.45, 7) is 6.20. The molecule has 2 heterocycles. The maximum atomic E-state index is 13.2. The van der Waals surface area contributed by atoms with Crippen molar-refractivity contribution in [2.75, 3.05) is 33.4 Å². The average Bonchev–Trinajstić information content (AvgIpc) is 3.00. The minimum atomic E-state index is -3.51. The van der Waals surface area contributed by atoms with E-state index in [1.807, 2.05) is 11.0 Å². The number of benzene rings is 1. The molecule has 2 atom stereocenters. The highest BCUT2D eigenvalue weighted by Crippen LogP contribution is 2.36. The largest absolute Gasteiger partial charge is 0.385 e. The van der Waals surface area contributed by atoms with Crippen molar-refractivity contribution < 1.29 is 17.9 Å². The Morgan fingerprint density at radius 1 is 1.24 bits per heavy atom. The number of carbonyl (C=O) groups excluding carboxylic acids is 1. The lowest BCUT2D eigenvalue weighted by atomic mass is 9.96. The Morgan fingerprint density at radius 2 is 1.90 bits per heavy atom. The number of nitrogens with zero attached hydrogens (tertiary/aromatic N) is 2. The van der Waals surface area contributed by atoms with E-state index in [4.69, 9.17) is 4.74 Å². The summed E-state index contributed by atoms with van der Waals surface area (Å²) in [5, 5.41) is 3.61. The van der Waals surface area contributed by atoms with E-state index in [1.54, 1.807) is 35.7 Å². The molecule has 2 aliphatic heterocycles. The van der Waals surface area contributed by atoms with Gasteiger partial charge < -0.3 is 9.64 Å². The van der Waals surface area contributed by atoms with Gasteiger partial charge in [-0.05, 0) is 37.3 Å². The van der Waals surface area contributed by atoms with Crippen molar-refractivity contribution in [3.63, 3.8) is 0 Å². The van der Waals surface area contributed by atoms with Crippen LogP contribution in [0.25, 0.3) is 0 Å². The van der Waals surface area contributed by atoms with E-state index in [-0.39, 0.29) is 17.9 Å². The second-order valence-corrected chi connectivity index (χ2v) is 10.0. The molecule has 2 fully saturated rings. The summed E-state index contributed by atoms with van der Waals surface area (Å²) in [5.74, 6) is 0.368. The zero-order chi connectivity index (χ0) is 21.1. The van der Waals surface area contributed by atoms with Gasteiger partial charge in [-0.15, -0.1) is 0 Å². The van der Waals surface area contributed by atoms with Gasteiger partial charge in [-0.25, -0.2) is 8.42 Å².